The predicted octanol–water partition coefficient (Wildman–Crippen LogP) is 4.75. The summed E-state index contributed by atoms with van der Waals surface area (Å²) in [6.07, 6.45) is 0. The molecule has 0 heterocycles. The number of sulfonamides is 1. The van der Waals surface area contributed by atoms with Gasteiger partial charge in [0.05, 0.1) is 19.9 Å². The Balaban J connectivity index is 2.61. The molecule has 2 aromatic carbocycles. The Morgan fingerprint density at radius 1 is 0.885 bits per heavy atom. The molecule has 0 saturated carbocycles. The Bertz CT molecular complexity index is 847. The van der Waals surface area contributed by atoms with Crippen LogP contribution in [-0.4, -0.2) is 22.6 Å². The molecule has 142 valence electrons. The third-order valence-corrected chi connectivity index (χ3v) is 5.64. The summed E-state index contributed by atoms with van der Waals surface area (Å²) in [6, 6.07) is 10.6. The first-order chi connectivity index (χ1) is 12.2. The summed E-state index contributed by atoms with van der Waals surface area (Å²) in [5.74, 6) is 1.08. The van der Waals surface area contributed by atoms with Gasteiger partial charge in [-0.25, -0.2) is 8.42 Å². The van der Waals surface area contributed by atoms with Gasteiger partial charge >= 0.3 is 0 Å². The fourth-order valence-corrected chi connectivity index (χ4v) is 4.15. The molecule has 0 aliphatic carbocycles. The van der Waals surface area contributed by atoms with Crippen LogP contribution in [0, 0.1) is 0 Å². The van der Waals surface area contributed by atoms with E-state index in [1.54, 1.807) is 12.1 Å². The van der Waals surface area contributed by atoms with Gasteiger partial charge in [0.15, 0.2) is 0 Å². The van der Waals surface area contributed by atoms with Gasteiger partial charge in [0.25, 0.3) is 10.0 Å². The summed E-state index contributed by atoms with van der Waals surface area (Å²) in [5, 5.41) is 0. The van der Waals surface area contributed by atoms with Crippen molar-refractivity contribution in [2.75, 3.05) is 18.9 Å². The van der Waals surface area contributed by atoms with Crippen molar-refractivity contribution in [3.63, 3.8) is 0 Å². The molecule has 0 aromatic heterocycles. The molecule has 0 aliphatic rings. The maximum Gasteiger partial charge on any atom is 0.265 e. The van der Waals surface area contributed by atoms with Crippen LogP contribution in [0.3, 0.4) is 0 Å². The van der Waals surface area contributed by atoms with E-state index in [9.17, 15) is 8.42 Å². The quantitative estimate of drug-likeness (QED) is 0.756. The average molecular weight is 378 g/mol. The zero-order chi connectivity index (χ0) is 19.5. The summed E-state index contributed by atoms with van der Waals surface area (Å²) in [6.45, 7) is 8.18. The Hall–Kier alpha value is -2.21. The summed E-state index contributed by atoms with van der Waals surface area (Å²) in [7, 11) is -0.912. The number of para-hydroxylation sites is 1. The molecule has 0 saturated heterocycles. The van der Waals surface area contributed by atoms with Gasteiger partial charge in [-0.3, -0.25) is 4.72 Å². The van der Waals surface area contributed by atoms with Gasteiger partial charge in [0.1, 0.15) is 16.4 Å². The van der Waals surface area contributed by atoms with Crippen LogP contribution in [-0.2, 0) is 10.0 Å². The van der Waals surface area contributed by atoms with E-state index in [0.29, 0.717) is 11.4 Å². The van der Waals surface area contributed by atoms with E-state index in [0.717, 1.165) is 11.1 Å². The van der Waals surface area contributed by atoms with E-state index in [4.69, 9.17) is 9.47 Å². The summed E-state index contributed by atoms with van der Waals surface area (Å²) in [5.41, 5.74) is 2.56. The molecule has 26 heavy (non-hydrogen) atoms. The zero-order valence-electron chi connectivity index (χ0n) is 16.2. The molecular formula is C20H27NO4S. The van der Waals surface area contributed by atoms with Gasteiger partial charge in [0, 0.05) is 6.07 Å². The number of hydrogen-bond donors (Lipinski definition) is 1. The molecule has 0 atom stereocenters. The van der Waals surface area contributed by atoms with Crippen LogP contribution in [0.25, 0.3) is 0 Å². The first-order valence-corrected chi connectivity index (χ1v) is 10.1. The van der Waals surface area contributed by atoms with E-state index in [-0.39, 0.29) is 22.5 Å². The van der Waals surface area contributed by atoms with Crippen molar-refractivity contribution in [1.82, 2.24) is 0 Å². The summed E-state index contributed by atoms with van der Waals surface area (Å²) >= 11 is 0. The van der Waals surface area contributed by atoms with E-state index in [1.807, 2.05) is 45.9 Å². The number of methoxy groups -OCH3 is 2. The van der Waals surface area contributed by atoms with Crippen LogP contribution < -0.4 is 14.2 Å². The Morgan fingerprint density at radius 3 is 1.92 bits per heavy atom. The minimum atomic E-state index is -3.86. The summed E-state index contributed by atoms with van der Waals surface area (Å²) in [4.78, 5) is 0.0487. The van der Waals surface area contributed by atoms with Crippen LogP contribution >= 0.6 is 0 Å². The Kier molecular flexibility index (Phi) is 6.18. The van der Waals surface area contributed by atoms with E-state index in [2.05, 4.69) is 4.72 Å². The third kappa shape index (κ3) is 4.12. The molecule has 2 aromatic rings. The maximum atomic E-state index is 13.2. The fraction of sp³-hybridized carbons (Fsp3) is 0.400. The second kappa shape index (κ2) is 7.99. The van der Waals surface area contributed by atoms with Crippen molar-refractivity contribution in [2.24, 2.45) is 0 Å². The SMILES string of the molecule is COc1ccc(OC)c(S(=O)(=O)Nc2c(C(C)C)cccc2C(C)C)c1. The minimum absolute atomic E-state index is 0.0487. The normalized spacial score (nSPS) is 11.7. The number of ether oxygens (including phenoxy) is 2. The molecule has 0 radical (unpaired) electrons. The highest BCUT2D eigenvalue weighted by molar-refractivity contribution is 7.92. The highest BCUT2D eigenvalue weighted by atomic mass is 32.2. The smallest absolute Gasteiger partial charge is 0.265 e. The second-order valence-electron chi connectivity index (χ2n) is 6.74. The molecule has 0 unspecified atom stereocenters. The first kappa shape index (κ1) is 20.1. The van der Waals surface area contributed by atoms with E-state index in [1.165, 1.54) is 20.3 Å². The van der Waals surface area contributed by atoms with Crippen molar-refractivity contribution < 1.29 is 17.9 Å². The van der Waals surface area contributed by atoms with Crippen LogP contribution in [0.1, 0.15) is 50.7 Å². The summed E-state index contributed by atoms with van der Waals surface area (Å²) < 4.78 is 39.5. The van der Waals surface area contributed by atoms with Gasteiger partial charge in [-0.2, -0.15) is 0 Å². The van der Waals surface area contributed by atoms with Gasteiger partial charge in [-0.05, 0) is 35.1 Å². The topological polar surface area (TPSA) is 64.6 Å². The van der Waals surface area contributed by atoms with Crippen molar-refractivity contribution in [3.8, 4) is 11.5 Å². The van der Waals surface area contributed by atoms with E-state index < -0.39 is 10.0 Å². The number of rotatable bonds is 7. The van der Waals surface area contributed by atoms with Gasteiger partial charge in [-0.15, -0.1) is 0 Å². The lowest BCUT2D eigenvalue weighted by Gasteiger charge is -2.21. The number of hydrogen-bond acceptors (Lipinski definition) is 4. The lowest BCUT2D eigenvalue weighted by molar-refractivity contribution is 0.392. The molecule has 2 rings (SSSR count). The number of benzene rings is 2. The highest BCUT2D eigenvalue weighted by Crippen LogP contribution is 2.36. The van der Waals surface area contributed by atoms with Gasteiger partial charge in [-0.1, -0.05) is 45.9 Å². The highest BCUT2D eigenvalue weighted by Gasteiger charge is 2.24. The third-order valence-electron chi connectivity index (χ3n) is 4.27. The van der Waals surface area contributed by atoms with Gasteiger partial charge < -0.3 is 9.47 Å². The first-order valence-electron chi connectivity index (χ1n) is 8.59. The lowest BCUT2D eigenvalue weighted by atomic mass is 9.93. The molecular weight excluding hydrogens is 350 g/mol. The Labute approximate surface area is 156 Å². The number of nitrogens with one attached hydrogen (secondary N) is 1. The van der Waals surface area contributed by atoms with Crippen molar-refractivity contribution in [2.45, 2.75) is 44.4 Å². The molecule has 0 spiro atoms. The lowest BCUT2D eigenvalue weighted by Crippen LogP contribution is -2.17. The molecule has 0 bridgehead atoms. The van der Waals surface area contributed by atoms with Crippen molar-refractivity contribution in [3.05, 3.63) is 47.5 Å². The minimum Gasteiger partial charge on any atom is -0.497 e. The molecule has 1 N–H and O–H groups in total. The molecule has 6 heteroatoms. The fourth-order valence-electron chi connectivity index (χ4n) is 2.85. The second-order valence-corrected chi connectivity index (χ2v) is 8.39. The average Bonchev–Trinajstić information content (AvgIpc) is 2.60. The Morgan fingerprint density at radius 2 is 1.46 bits per heavy atom. The number of anilines is 1. The standard InChI is InChI=1S/C20H27NO4S/c1-13(2)16-8-7-9-17(14(3)4)20(16)21-26(22,23)19-12-15(24-5)10-11-18(19)25-6/h7-14,21H,1-6H3. The monoisotopic (exact) mass is 377 g/mol. The maximum absolute atomic E-state index is 13.2. The van der Waals surface area contributed by atoms with Crippen molar-refractivity contribution >= 4 is 15.7 Å². The van der Waals surface area contributed by atoms with Gasteiger partial charge in [0.2, 0.25) is 0 Å². The molecule has 0 amide bonds. The predicted molar refractivity (Wildman–Crippen MR) is 105 cm³/mol. The van der Waals surface area contributed by atoms with Crippen LogP contribution in [0.15, 0.2) is 41.3 Å². The van der Waals surface area contributed by atoms with Crippen LogP contribution in [0.4, 0.5) is 5.69 Å². The molecule has 5 nitrogen and oxygen atoms in total. The van der Waals surface area contributed by atoms with Crippen molar-refractivity contribution in [1.29, 1.82) is 0 Å². The van der Waals surface area contributed by atoms with Crippen LogP contribution in [0.5, 0.6) is 11.5 Å². The molecule has 0 fully saturated rings. The van der Waals surface area contributed by atoms with E-state index >= 15 is 0 Å². The zero-order valence-corrected chi connectivity index (χ0v) is 17.0. The van der Waals surface area contributed by atoms with Crippen LogP contribution in [0.2, 0.25) is 0 Å². The molecule has 0 aliphatic heterocycles. The largest absolute Gasteiger partial charge is 0.497 e.